The number of carbonyl (C=O) groups is 1. The van der Waals surface area contributed by atoms with Crippen molar-refractivity contribution in [2.75, 3.05) is 13.1 Å². The van der Waals surface area contributed by atoms with E-state index in [1.807, 2.05) is 24.8 Å². The van der Waals surface area contributed by atoms with Gasteiger partial charge in [0.2, 0.25) is 5.91 Å². The third-order valence-electron chi connectivity index (χ3n) is 6.69. The highest BCUT2D eigenvalue weighted by Gasteiger charge is 2.45. The summed E-state index contributed by atoms with van der Waals surface area (Å²) in [7, 11) is 0. The van der Waals surface area contributed by atoms with E-state index in [4.69, 9.17) is 9.51 Å². The van der Waals surface area contributed by atoms with Gasteiger partial charge in [-0.2, -0.15) is 10.1 Å². The fraction of sp³-hybridized carbons (Fsp3) is 0.500. The Morgan fingerprint density at radius 3 is 2.72 bits per heavy atom. The van der Waals surface area contributed by atoms with Crippen LogP contribution in [0.25, 0.3) is 11.5 Å². The molecule has 32 heavy (non-hydrogen) atoms. The van der Waals surface area contributed by atoms with Crippen LogP contribution in [0.2, 0.25) is 0 Å². The zero-order chi connectivity index (χ0) is 22.3. The first-order chi connectivity index (χ1) is 15.4. The second kappa shape index (κ2) is 8.15. The van der Waals surface area contributed by atoms with Crippen molar-refractivity contribution >= 4 is 5.91 Å². The van der Waals surface area contributed by atoms with Crippen molar-refractivity contribution in [2.45, 2.75) is 57.9 Å². The summed E-state index contributed by atoms with van der Waals surface area (Å²) in [5.74, 6) is 1.46. The van der Waals surface area contributed by atoms with Gasteiger partial charge < -0.3 is 9.42 Å². The van der Waals surface area contributed by atoms with Crippen LogP contribution in [0, 0.1) is 25.6 Å². The van der Waals surface area contributed by atoms with E-state index in [0.717, 1.165) is 37.2 Å². The Kier molecular flexibility index (Phi) is 5.31. The van der Waals surface area contributed by atoms with Gasteiger partial charge in [-0.05, 0) is 69.4 Å². The maximum Gasteiger partial charge on any atom is 0.257 e. The molecular formula is C24H28FN5O2. The number of benzene rings is 1. The van der Waals surface area contributed by atoms with Crippen LogP contribution in [-0.4, -0.2) is 43.8 Å². The molecule has 0 bridgehead atoms. The lowest BCUT2D eigenvalue weighted by Crippen LogP contribution is -2.50. The molecule has 168 valence electrons. The number of rotatable bonds is 6. The number of amides is 1. The number of hydrogen-bond donors (Lipinski definition) is 0. The van der Waals surface area contributed by atoms with Gasteiger partial charge in [0.15, 0.2) is 5.82 Å². The highest BCUT2D eigenvalue weighted by molar-refractivity contribution is 5.76. The molecule has 1 aliphatic carbocycles. The molecule has 7 nitrogen and oxygen atoms in total. The van der Waals surface area contributed by atoms with E-state index in [2.05, 4.69) is 10.3 Å². The summed E-state index contributed by atoms with van der Waals surface area (Å²) in [6, 6.07) is 8.05. The number of piperidine rings is 1. The van der Waals surface area contributed by atoms with Gasteiger partial charge in [0.05, 0.1) is 11.1 Å². The molecule has 3 aromatic rings. The Morgan fingerprint density at radius 1 is 1.25 bits per heavy atom. The van der Waals surface area contributed by atoms with Crippen LogP contribution in [0.5, 0.6) is 0 Å². The van der Waals surface area contributed by atoms with Gasteiger partial charge in [-0.15, -0.1) is 0 Å². The number of halogens is 1. The van der Waals surface area contributed by atoms with Crippen LogP contribution in [0.3, 0.4) is 0 Å². The fourth-order valence-electron chi connectivity index (χ4n) is 4.87. The van der Waals surface area contributed by atoms with Gasteiger partial charge in [0.1, 0.15) is 12.4 Å². The predicted molar refractivity (Wildman–Crippen MR) is 116 cm³/mol. The van der Waals surface area contributed by atoms with E-state index >= 15 is 0 Å². The molecule has 3 heterocycles. The quantitative estimate of drug-likeness (QED) is 0.581. The molecule has 1 atom stereocenters. The van der Waals surface area contributed by atoms with Crippen LogP contribution < -0.4 is 0 Å². The molecule has 1 aromatic carbocycles. The topological polar surface area (TPSA) is 77.0 Å². The van der Waals surface area contributed by atoms with Gasteiger partial charge in [-0.25, -0.2) is 4.39 Å². The molecule has 8 heteroatoms. The summed E-state index contributed by atoms with van der Waals surface area (Å²) in [6.07, 6.45) is 5.21. The summed E-state index contributed by atoms with van der Waals surface area (Å²) in [5.41, 5.74) is 2.28. The summed E-state index contributed by atoms with van der Waals surface area (Å²) < 4.78 is 20.7. The van der Waals surface area contributed by atoms with Crippen LogP contribution >= 0.6 is 0 Å². The number of hydrogen-bond acceptors (Lipinski definition) is 5. The lowest BCUT2D eigenvalue weighted by atomic mass is 9.75. The molecule has 1 saturated carbocycles. The summed E-state index contributed by atoms with van der Waals surface area (Å²) in [4.78, 5) is 19.8. The smallest absolute Gasteiger partial charge is 0.257 e. The fourth-order valence-corrected chi connectivity index (χ4v) is 4.87. The first-order valence-electron chi connectivity index (χ1n) is 11.3. The molecule has 1 amide bonds. The number of aryl methyl sites for hydroxylation is 2. The molecule has 0 radical (unpaired) electrons. The first-order valence-corrected chi connectivity index (χ1v) is 11.3. The van der Waals surface area contributed by atoms with E-state index in [-0.39, 0.29) is 23.7 Å². The van der Waals surface area contributed by atoms with Crippen molar-refractivity contribution in [3.8, 4) is 11.5 Å². The highest BCUT2D eigenvalue weighted by atomic mass is 19.1. The molecule has 1 aliphatic heterocycles. The maximum absolute atomic E-state index is 13.3. The van der Waals surface area contributed by atoms with Gasteiger partial charge in [-0.1, -0.05) is 18.0 Å². The summed E-state index contributed by atoms with van der Waals surface area (Å²) >= 11 is 0. The van der Waals surface area contributed by atoms with Gasteiger partial charge >= 0.3 is 0 Å². The van der Waals surface area contributed by atoms with Crippen LogP contribution in [0.15, 0.2) is 34.9 Å². The average Bonchev–Trinajstić information content (AvgIpc) is 3.32. The Hall–Kier alpha value is -3.03. The maximum atomic E-state index is 13.3. The van der Waals surface area contributed by atoms with E-state index in [9.17, 15) is 9.18 Å². The van der Waals surface area contributed by atoms with Gasteiger partial charge in [0.25, 0.3) is 5.89 Å². The van der Waals surface area contributed by atoms with Gasteiger partial charge in [-0.3, -0.25) is 9.48 Å². The minimum absolute atomic E-state index is 0.0679. The van der Waals surface area contributed by atoms with Crippen molar-refractivity contribution < 1.29 is 13.7 Å². The van der Waals surface area contributed by atoms with Gasteiger partial charge in [0, 0.05) is 24.3 Å². The van der Waals surface area contributed by atoms with Crippen LogP contribution in [0.1, 0.15) is 49.3 Å². The Bertz CT molecular complexity index is 1120. The second-order valence-corrected chi connectivity index (χ2v) is 9.36. The van der Waals surface area contributed by atoms with Crippen LogP contribution in [-0.2, 0) is 16.8 Å². The standard InChI is InChI=1S/C24H28FN5O2/c1-16-12-17(2)30(27-16)14-21(31)29-11-3-10-24(15-29,13-18-4-5-18)23-26-22(32-28-23)19-6-8-20(25)9-7-19/h6-9,12,18H,3-5,10-11,13-15H2,1-2H3. The zero-order valence-corrected chi connectivity index (χ0v) is 18.6. The van der Waals surface area contributed by atoms with E-state index in [0.29, 0.717) is 29.7 Å². The lowest BCUT2D eigenvalue weighted by Gasteiger charge is -2.41. The van der Waals surface area contributed by atoms with Crippen molar-refractivity contribution in [3.63, 3.8) is 0 Å². The molecule has 2 fully saturated rings. The normalized spacial score (nSPS) is 21.2. The predicted octanol–water partition coefficient (Wildman–Crippen LogP) is 4.05. The molecule has 5 rings (SSSR count). The minimum Gasteiger partial charge on any atom is -0.340 e. The number of aromatic nitrogens is 4. The van der Waals surface area contributed by atoms with E-state index < -0.39 is 0 Å². The SMILES string of the molecule is Cc1cc(C)n(CC(=O)N2CCCC(CC3CC3)(c3noc(-c4ccc(F)cc4)n3)C2)n1. The average molecular weight is 438 g/mol. The molecule has 2 aliphatic rings. The third-order valence-corrected chi connectivity index (χ3v) is 6.69. The van der Waals surface area contributed by atoms with Crippen molar-refractivity contribution in [1.29, 1.82) is 0 Å². The monoisotopic (exact) mass is 437 g/mol. The first kappa shape index (κ1) is 20.8. The molecular weight excluding hydrogens is 409 g/mol. The Morgan fingerprint density at radius 2 is 2.03 bits per heavy atom. The van der Waals surface area contributed by atoms with E-state index in [1.54, 1.807) is 16.8 Å². The Balaban J connectivity index is 1.39. The molecule has 2 aromatic heterocycles. The zero-order valence-electron chi connectivity index (χ0n) is 18.6. The van der Waals surface area contributed by atoms with Crippen molar-refractivity contribution in [2.24, 2.45) is 5.92 Å². The molecule has 0 spiro atoms. The lowest BCUT2D eigenvalue weighted by molar-refractivity contribution is -0.134. The largest absolute Gasteiger partial charge is 0.340 e. The number of nitrogens with zero attached hydrogens (tertiary/aromatic N) is 5. The highest BCUT2D eigenvalue weighted by Crippen LogP contribution is 2.46. The number of carbonyl (C=O) groups excluding carboxylic acids is 1. The third kappa shape index (κ3) is 4.18. The number of likely N-dealkylation sites (tertiary alicyclic amines) is 1. The minimum atomic E-state index is -0.314. The summed E-state index contributed by atoms with van der Waals surface area (Å²) in [5, 5.41) is 8.80. The van der Waals surface area contributed by atoms with E-state index in [1.165, 1.54) is 25.0 Å². The Labute approximate surface area is 186 Å². The second-order valence-electron chi connectivity index (χ2n) is 9.36. The molecule has 1 unspecified atom stereocenters. The molecule has 0 N–H and O–H groups in total. The van der Waals surface area contributed by atoms with Crippen molar-refractivity contribution in [3.05, 3.63) is 53.4 Å². The molecule has 1 saturated heterocycles. The van der Waals surface area contributed by atoms with Crippen LogP contribution in [0.4, 0.5) is 4.39 Å². The van der Waals surface area contributed by atoms with Crippen molar-refractivity contribution in [1.82, 2.24) is 24.8 Å². The summed E-state index contributed by atoms with van der Waals surface area (Å²) in [6.45, 7) is 5.46.